The normalized spacial score (nSPS) is 43.6. The van der Waals surface area contributed by atoms with Crippen LogP contribution in [0.4, 0.5) is 0 Å². The first-order valence-electron chi connectivity index (χ1n) is 7.50. The van der Waals surface area contributed by atoms with Crippen LogP contribution in [0.5, 0.6) is 0 Å². The van der Waals surface area contributed by atoms with Gasteiger partial charge in [0.1, 0.15) is 6.23 Å². The van der Waals surface area contributed by atoms with E-state index in [9.17, 15) is 0 Å². The van der Waals surface area contributed by atoms with Crippen LogP contribution in [-0.4, -0.2) is 42.9 Å². The van der Waals surface area contributed by atoms with Gasteiger partial charge in [-0.25, -0.2) is 0 Å². The molecule has 0 amide bonds. The summed E-state index contributed by atoms with van der Waals surface area (Å²) in [4.78, 5) is 2.57. The summed E-state index contributed by atoms with van der Waals surface area (Å²) in [5.41, 5.74) is 0. The minimum atomic E-state index is 0.345. The van der Waals surface area contributed by atoms with Gasteiger partial charge in [0.15, 0.2) is 0 Å². The minimum Gasteiger partial charge on any atom is -0.358 e. The zero-order chi connectivity index (χ0) is 11.7. The number of ether oxygens (including phenoxy) is 1. The molecule has 3 heteroatoms. The average Bonchev–Trinajstić information content (AvgIpc) is 2.82. The van der Waals surface area contributed by atoms with E-state index in [0.717, 1.165) is 0 Å². The fourth-order valence-electron chi connectivity index (χ4n) is 3.76. The molecule has 3 nitrogen and oxygen atoms in total. The zero-order valence-electron chi connectivity index (χ0n) is 11.0. The highest BCUT2D eigenvalue weighted by molar-refractivity contribution is 4.92. The van der Waals surface area contributed by atoms with Crippen LogP contribution in [0.3, 0.4) is 0 Å². The Morgan fingerprint density at radius 1 is 1.18 bits per heavy atom. The summed E-state index contributed by atoms with van der Waals surface area (Å²) < 4.78 is 6.26. The highest BCUT2D eigenvalue weighted by Gasteiger charge is 2.40. The van der Waals surface area contributed by atoms with Crippen molar-refractivity contribution in [2.45, 2.75) is 63.8 Å². The van der Waals surface area contributed by atoms with E-state index in [-0.39, 0.29) is 0 Å². The van der Waals surface area contributed by atoms with E-state index in [1.807, 2.05) is 0 Å². The lowest BCUT2D eigenvalue weighted by molar-refractivity contribution is -0.0252. The van der Waals surface area contributed by atoms with Crippen molar-refractivity contribution in [2.75, 3.05) is 19.6 Å². The van der Waals surface area contributed by atoms with Gasteiger partial charge < -0.3 is 9.64 Å². The van der Waals surface area contributed by atoms with Gasteiger partial charge in [-0.3, -0.25) is 5.32 Å². The van der Waals surface area contributed by atoms with Crippen LogP contribution in [-0.2, 0) is 4.74 Å². The summed E-state index contributed by atoms with van der Waals surface area (Å²) in [6, 6.07) is 0.658. The summed E-state index contributed by atoms with van der Waals surface area (Å²) in [7, 11) is 0. The Morgan fingerprint density at radius 3 is 2.88 bits per heavy atom. The lowest BCUT2D eigenvalue weighted by atomic mass is 9.93. The van der Waals surface area contributed by atoms with Crippen molar-refractivity contribution >= 4 is 0 Å². The number of rotatable bonds is 2. The predicted molar refractivity (Wildman–Crippen MR) is 68.9 cm³/mol. The second-order valence-corrected chi connectivity index (χ2v) is 5.95. The molecule has 0 radical (unpaired) electrons. The van der Waals surface area contributed by atoms with Gasteiger partial charge >= 0.3 is 0 Å². The second kappa shape index (κ2) is 5.25. The van der Waals surface area contributed by atoms with Crippen LogP contribution in [0.1, 0.15) is 45.4 Å². The molecule has 3 aliphatic rings. The molecule has 0 aromatic rings. The van der Waals surface area contributed by atoms with Gasteiger partial charge in [0.05, 0.1) is 6.10 Å². The third kappa shape index (κ3) is 2.51. The lowest BCUT2D eigenvalue weighted by Gasteiger charge is -2.34. The van der Waals surface area contributed by atoms with Gasteiger partial charge in [-0.05, 0) is 38.8 Å². The molecule has 2 heterocycles. The van der Waals surface area contributed by atoms with Crippen LogP contribution in [0.2, 0.25) is 0 Å². The number of fused-ring (bicyclic) bond motifs is 1. The lowest BCUT2D eigenvalue weighted by Crippen LogP contribution is -2.45. The van der Waals surface area contributed by atoms with Gasteiger partial charge in [0, 0.05) is 18.5 Å². The maximum absolute atomic E-state index is 6.26. The van der Waals surface area contributed by atoms with Crippen molar-refractivity contribution < 1.29 is 4.74 Å². The number of hydrogen-bond acceptors (Lipinski definition) is 3. The summed E-state index contributed by atoms with van der Waals surface area (Å²) in [5.74, 6) is 0.717. The number of nitrogens with zero attached hydrogens (tertiary/aromatic N) is 1. The molecular weight excluding hydrogens is 212 g/mol. The molecule has 0 aromatic carbocycles. The van der Waals surface area contributed by atoms with Crippen molar-refractivity contribution in [2.24, 2.45) is 5.92 Å². The number of piperidine rings is 1. The Balaban J connectivity index is 1.57. The van der Waals surface area contributed by atoms with Crippen LogP contribution in [0, 0.1) is 5.92 Å². The largest absolute Gasteiger partial charge is 0.358 e. The maximum atomic E-state index is 6.26. The Bertz CT molecular complexity index is 245. The molecule has 0 bridgehead atoms. The minimum absolute atomic E-state index is 0.345. The van der Waals surface area contributed by atoms with Crippen LogP contribution in [0.15, 0.2) is 0 Å². The molecule has 2 aliphatic heterocycles. The Labute approximate surface area is 105 Å². The van der Waals surface area contributed by atoms with Crippen molar-refractivity contribution in [3.63, 3.8) is 0 Å². The van der Waals surface area contributed by atoms with Crippen molar-refractivity contribution in [1.29, 1.82) is 0 Å². The van der Waals surface area contributed by atoms with Gasteiger partial charge in [0.2, 0.25) is 0 Å². The van der Waals surface area contributed by atoms with Gasteiger partial charge in [-0.15, -0.1) is 0 Å². The Kier molecular flexibility index (Phi) is 3.69. The first-order chi connectivity index (χ1) is 8.36. The Morgan fingerprint density at radius 2 is 2.06 bits per heavy atom. The van der Waals surface area contributed by atoms with Gasteiger partial charge in [-0.2, -0.15) is 0 Å². The van der Waals surface area contributed by atoms with E-state index in [1.165, 1.54) is 58.2 Å². The summed E-state index contributed by atoms with van der Waals surface area (Å²) in [6.45, 7) is 5.97. The van der Waals surface area contributed by atoms with E-state index in [0.29, 0.717) is 24.3 Å². The molecule has 98 valence electrons. The molecule has 4 unspecified atom stereocenters. The smallest absolute Gasteiger partial charge is 0.112 e. The van der Waals surface area contributed by atoms with Crippen molar-refractivity contribution in [1.82, 2.24) is 10.2 Å². The molecule has 1 N–H and O–H groups in total. The molecule has 17 heavy (non-hydrogen) atoms. The highest BCUT2D eigenvalue weighted by Crippen LogP contribution is 2.32. The second-order valence-electron chi connectivity index (χ2n) is 5.95. The maximum Gasteiger partial charge on any atom is 0.112 e. The molecule has 2 saturated heterocycles. The first kappa shape index (κ1) is 11.9. The molecule has 1 saturated carbocycles. The van der Waals surface area contributed by atoms with Gasteiger partial charge in [-0.1, -0.05) is 19.8 Å². The molecule has 3 fully saturated rings. The first-order valence-corrected chi connectivity index (χ1v) is 7.50. The van der Waals surface area contributed by atoms with Crippen molar-refractivity contribution in [3.8, 4) is 0 Å². The number of hydrogen-bond donors (Lipinski definition) is 1. The molecule has 4 atom stereocenters. The van der Waals surface area contributed by atoms with Gasteiger partial charge in [0.25, 0.3) is 0 Å². The SMILES string of the molecule is CCN1CCCC(C2NC3CCCCC3O2)C1. The topological polar surface area (TPSA) is 24.5 Å². The third-order valence-corrected chi connectivity index (χ3v) is 4.82. The van der Waals surface area contributed by atoms with E-state index in [4.69, 9.17) is 4.74 Å². The van der Waals surface area contributed by atoms with E-state index >= 15 is 0 Å². The van der Waals surface area contributed by atoms with Crippen LogP contribution >= 0.6 is 0 Å². The highest BCUT2D eigenvalue weighted by atomic mass is 16.5. The fraction of sp³-hybridized carbons (Fsp3) is 1.00. The Hall–Kier alpha value is -0.120. The van der Waals surface area contributed by atoms with E-state index in [1.54, 1.807) is 0 Å². The standard InChI is InChI=1S/C14H26N2O/c1-2-16-9-5-6-11(10-16)14-15-12-7-3-4-8-13(12)17-14/h11-15H,2-10H2,1H3. The third-order valence-electron chi connectivity index (χ3n) is 4.82. The van der Waals surface area contributed by atoms with Crippen LogP contribution < -0.4 is 5.32 Å². The van der Waals surface area contributed by atoms with Crippen molar-refractivity contribution in [3.05, 3.63) is 0 Å². The molecule has 0 spiro atoms. The molecular formula is C14H26N2O. The van der Waals surface area contributed by atoms with E-state index in [2.05, 4.69) is 17.1 Å². The molecule has 1 aliphatic carbocycles. The number of nitrogens with one attached hydrogen (secondary N) is 1. The fourth-order valence-corrected chi connectivity index (χ4v) is 3.76. The zero-order valence-corrected chi connectivity index (χ0v) is 11.0. The average molecular weight is 238 g/mol. The number of likely N-dealkylation sites (tertiary alicyclic amines) is 1. The van der Waals surface area contributed by atoms with E-state index < -0.39 is 0 Å². The molecule has 0 aromatic heterocycles. The summed E-state index contributed by atoms with van der Waals surface area (Å²) in [5, 5.41) is 3.76. The molecule has 3 rings (SSSR count). The quantitative estimate of drug-likeness (QED) is 0.796. The monoisotopic (exact) mass is 238 g/mol. The predicted octanol–water partition coefficient (Wildman–Crippen LogP) is 1.98. The summed E-state index contributed by atoms with van der Waals surface area (Å²) >= 11 is 0. The van der Waals surface area contributed by atoms with Crippen LogP contribution in [0.25, 0.3) is 0 Å². The summed E-state index contributed by atoms with van der Waals surface area (Å²) in [6.07, 6.45) is 8.90.